The highest BCUT2D eigenvalue weighted by molar-refractivity contribution is 5.52. The van der Waals surface area contributed by atoms with Gasteiger partial charge in [0.25, 0.3) is 0 Å². The summed E-state index contributed by atoms with van der Waals surface area (Å²) in [7, 11) is 2.03. The maximum Gasteiger partial charge on any atom is 0.131 e. The molecule has 4 nitrogen and oxygen atoms in total. The standard InChI is InChI=1S/C13H24N4/c1-4-5-8-17(11-6-7-11)13-12(9-14)10(2)15-16(13)3/h11H,4-9,14H2,1-3H3. The van der Waals surface area contributed by atoms with Crippen LogP contribution in [0.2, 0.25) is 0 Å². The minimum absolute atomic E-state index is 0.588. The fraction of sp³-hybridized carbons (Fsp3) is 0.769. The molecule has 1 saturated carbocycles. The lowest BCUT2D eigenvalue weighted by atomic mass is 10.2. The summed E-state index contributed by atoms with van der Waals surface area (Å²) >= 11 is 0. The first-order valence-corrected chi connectivity index (χ1v) is 6.68. The van der Waals surface area contributed by atoms with Crippen LogP contribution in [0, 0.1) is 6.92 Å². The lowest BCUT2D eigenvalue weighted by Gasteiger charge is -2.25. The van der Waals surface area contributed by atoms with Gasteiger partial charge in [-0.05, 0) is 26.2 Å². The van der Waals surface area contributed by atoms with Gasteiger partial charge in [0.2, 0.25) is 0 Å². The van der Waals surface area contributed by atoms with Gasteiger partial charge < -0.3 is 10.6 Å². The molecule has 1 aliphatic carbocycles. The Morgan fingerprint density at radius 3 is 2.71 bits per heavy atom. The van der Waals surface area contributed by atoms with E-state index in [0.29, 0.717) is 6.54 Å². The molecule has 1 aromatic rings. The Morgan fingerprint density at radius 2 is 2.18 bits per heavy atom. The zero-order valence-electron chi connectivity index (χ0n) is 11.2. The number of nitrogens with two attached hydrogens (primary N) is 1. The number of unbranched alkanes of at least 4 members (excludes halogenated alkanes) is 1. The minimum Gasteiger partial charge on any atom is -0.354 e. The molecule has 2 rings (SSSR count). The van der Waals surface area contributed by atoms with Crippen LogP contribution in [-0.2, 0) is 13.6 Å². The molecule has 17 heavy (non-hydrogen) atoms. The van der Waals surface area contributed by atoms with E-state index in [-0.39, 0.29) is 0 Å². The fourth-order valence-electron chi connectivity index (χ4n) is 2.46. The van der Waals surface area contributed by atoms with Crippen molar-refractivity contribution in [2.45, 2.75) is 52.1 Å². The zero-order chi connectivity index (χ0) is 12.4. The lowest BCUT2D eigenvalue weighted by Crippen LogP contribution is -2.30. The molecule has 2 N–H and O–H groups in total. The van der Waals surface area contributed by atoms with Crippen molar-refractivity contribution in [3.8, 4) is 0 Å². The van der Waals surface area contributed by atoms with Crippen LogP contribution in [0.1, 0.15) is 43.9 Å². The normalized spacial score (nSPS) is 15.3. The number of aromatic nitrogens is 2. The predicted octanol–water partition coefficient (Wildman–Crippen LogP) is 1.96. The van der Waals surface area contributed by atoms with Crippen molar-refractivity contribution < 1.29 is 0 Å². The molecule has 0 aliphatic heterocycles. The molecule has 4 heteroatoms. The Labute approximate surface area is 104 Å². The van der Waals surface area contributed by atoms with E-state index in [4.69, 9.17) is 5.73 Å². The van der Waals surface area contributed by atoms with Crippen LogP contribution in [0.4, 0.5) is 5.82 Å². The van der Waals surface area contributed by atoms with Crippen LogP contribution in [0.3, 0.4) is 0 Å². The summed E-state index contributed by atoms with van der Waals surface area (Å²) in [5.74, 6) is 1.25. The molecular weight excluding hydrogens is 212 g/mol. The van der Waals surface area contributed by atoms with Gasteiger partial charge in [0, 0.05) is 31.7 Å². The Hall–Kier alpha value is -1.03. The summed E-state index contributed by atoms with van der Waals surface area (Å²) < 4.78 is 2.01. The average Bonchev–Trinajstić information content (AvgIpc) is 3.07. The van der Waals surface area contributed by atoms with Crippen molar-refractivity contribution in [3.05, 3.63) is 11.3 Å². The molecule has 1 fully saturated rings. The first-order chi connectivity index (χ1) is 8.19. The van der Waals surface area contributed by atoms with Gasteiger partial charge >= 0.3 is 0 Å². The molecule has 1 heterocycles. The smallest absolute Gasteiger partial charge is 0.131 e. The Kier molecular flexibility index (Phi) is 3.72. The number of rotatable bonds is 6. The fourth-order valence-corrected chi connectivity index (χ4v) is 2.46. The van der Waals surface area contributed by atoms with Crippen LogP contribution in [0.15, 0.2) is 0 Å². The summed E-state index contributed by atoms with van der Waals surface area (Å²) in [6.45, 7) is 6.01. The molecule has 1 aliphatic rings. The molecule has 0 bridgehead atoms. The lowest BCUT2D eigenvalue weighted by molar-refractivity contribution is 0.660. The van der Waals surface area contributed by atoms with Crippen LogP contribution in [0.5, 0.6) is 0 Å². The molecule has 0 spiro atoms. The van der Waals surface area contributed by atoms with Gasteiger partial charge in [-0.25, -0.2) is 0 Å². The first kappa shape index (κ1) is 12.4. The summed E-state index contributed by atoms with van der Waals surface area (Å²) in [6, 6.07) is 0.724. The number of hydrogen-bond donors (Lipinski definition) is 1. The second kappa shape index (κ2) is 5.08. The van der Waals surface area contributed by atoms with Crippen molar-refractivity contribution in [1.82, 2.24) is 9.78 Å². The minimum atomic E-state index is 0.588. The maximum absolute atomic E-state index is 5.87. The van der Waals surface area contributed by atoms with Gasteiger partial charge in [0.1, 0.15) is 5.82 Å². The number of aryl methyl sites for hydroxylation is 2. The van der Waals surface area contributed by atoms with E-state index in [1.165, 1.54) is 37.1 Å². The molecule has 0 unspecified atom stereocenters. The van der Waals surface area contributed by atoms with Crippen molar-refractivity contribution >= 4 is 5.82 Å². The third-order valence-corrected chi connectivity index (χ3v) is 3.53. The average molecular weight is 236 g/mol. The Balaban J connectivity index is 2.27. The van der Waals surface area contributed by atoms with E-state index in [9.17, 15) is 0 Å². The van der Waals surface area contributed by atoms with E-state index in [0.717, 1.165) is 18.3 Å². The number of nitrogens with zero attached hydrogens (tertiary/aromatic N) is 3. The Morgan fingerprint density at radius 1 is 1.47 bits per heavy atom. The molecule has 0 atom stereocenters. The first-order valence-electron chi connectivity index (χ1n) is 6.68. The molecule has 0 saturated heterocycles. The van der Waals surface area contributed by atoms with Gasteiger partial charge in [-0.2, -0.15) is 5.10 Å². The molecule has 1 aromatic heterocycles. The quantitative estimate of drug-likeness (QED) is 0.821. The van der Waals surface area contributed by atoms with Gasteiger partial charge in [-0.15, -0.1) is 0 Å². The monoisotopic (exact) mass is 236 g/mol. The Bertz CT molecular complexity index is 379. The number of hydrogen-bond acceptors (Lipinski definition) is 3. The van der Waals surface area contributed by atoms with Crippen LogP contribution in [0.25, 0.3) is 0 Å². The molecule has 0 amide bonds. The highest BCUT2D eigenvalue weighted by atomic mass is 15.4. The third kappa shape index (κ3) is 2.46. The van der Waals surface area contributed by atoms with Crippen LogP contribution < -0.4 is 10.6 Å². The summed E-state index contributed by atoms with van der Waals surface area (Å²) in [6.07, 6.45) is 5.11. The third-order valence-electron chi connectivity index (χ3n) is 3.53. The van der Waals surface area contributed by atoms with E-state index in [2.05, 4.69) is 23.8 Å². The molecular formula is C13H24N4. The largest absolute Gasteiger partial charge is 0.354 e. The summed E-state index contributed by atoms with van der Waals surface area (Å²) in [5.41, 5.74) is 8.17. The second-order valence-corrected chi connectivity index (χ2v) is 4.99. The highest BCUT2D eigenvalue weighted by Gasteiger charge is 2.32. The summed E-state index contributed by atoms with van der Waals surface area (Å²) in [5, 5.41) is 4.52. The maximum atomic E-state index is 5.87. The highest BCUT2D eigenvalue weighted by Crippen LogP contribution is 2.34. The van der Waals surface area contributed by atoms with Gasteiger partial charge in [-0.1, -0.05) is 13.3 Å². The topological polar surface area (TPSA) is 47.1 Å². The van der Waals surface area contributed by atoms with E-state index in [1.807, 2.05) is 11.7 Å². The van der Waals surface area contributed by atoms with Crippen molar-refractivity contribution in [2.24, 2.45) is 12.8 Å². The molecule has 0 aromatic carbocycles. The van der Waals surface area contributed by atoms with Crippen LogP contribution in [-0.4, -0.2) is 22.4 Å². The summed E-state index contributed by atoms with van der Waals surface area (Å²) in [4.78, 5) is 2.52. The van der Waals surface area contributed by atoms with E-state index >= 15 is 0 Å². The van der Waals surface area contributed by atoms with Gasteiger partial charge in [-0.3, -0.25) is 4.68 Å². The molecule has 0 radical (unpaired) electrons. The molecule has 96 valence electrons. The SMILES string of the molecule is CCCCN(c1c(CN)c(C)nn1C)C1CC1. The van der Waals surface area contributed by atoms with Gasteiger partial charge in [0.15, 0.2) is 0 Å². The predicted molar refractivity (Wildman–Crippen MR) is 71.1 cm³/mol. The zero-order valence-corrected chi connectivity index (χ0v) is 11.2. The van der Waals surface area contributed by atoms with Crippen molar-refractivity contribution in [2.75, 3.05) is 11.4 Å². The van der Waals surface area contributed by atoms with E-state index < -0.39 is 0 Å². The second-order valence-electron chi connectivity index (χ2n) is 4.99. The van der Waals surface area contributed by atoms with Crippen LogP contribution >= 0.6 is 0 Å². The van der Waals surface area contributed by atoms with Crippen molar-refractivity contribution in [3.63, 3.8) is 0 Å². The van der Waals surface area contributed by atoms with Crippen molar-refractivity contribution in [1.29, 1.82) is 0 Å². The van der Waals surface area contributed by atoms with Gasteiger partial charge in [0.05, 0.1) is 5.69 Å². The number of anilines is 1. The van der Waals surface area contributed by atoms with E-state index in [1.54, 1.807) is 0 Å².